The van der Waals surface area contributed by atoms with Crippen LogP contribution in [-0.4, -0.2) is 29.6 Å². The van der Waals surface area contributed by atoms with E-state index in [1.807, 2.05) is 0 Å². The highest BCUT2D eigenvalue weighted by molar-refractivity contribution is 5.30. The molecule has 1 N–H and O–H groups in total. The van der Waals surface area contributed by atoms with Crippen LogP contribution in [0.2, 0.25) is 0 Å². The predicted molar refractivity (Wildman–Crippen MR) is 64.5 cm³/mol. The van der Waals surface area contributed by atoms with Crippen molar-refractivity contribution in [2.75, 3.05) is 19.6 Å². The van der Waals surface area contributed by atoms with Gasteiger partial charge in [0.2, 0.25) is 0 Å². The summed E-state index contributed by atoms with van der Waals surface area (Å²) in [6.07, 6.45) is -2.81. The van der Waals surface area contributed by atoms with Crippen LogP contribution in [0.15, 0.2) is 24.3 Å². The average molecular weight is 271 g/mol. The molecule has 3 atom stereocenters. The fourth-order valence-corrected chi connectivity index (χ4v) is 3.29. The van der Waals surface area contributed by atoms with Crippen molar-refractivity contribution in [1.29, 1.82) is 0 Å². The minimum Gasteiger partial charge on any atom is -0.385 e. The van der Waals surface area contributed by atoms with Gasteiger partial charge in [0.05, 0.1) is 11.2 Å². The second-order valence-electron chi connectivity index (χ2n) is 5.54. The molecule has 1 aromatic carbocycles. The zero-order chi connectivity index (χ0) is 13.7. The highest BCUT2D eigenvalue weighted by atomic mass is 19.4. The van der Waals surface area contributed by atoms with Crippen molar-refractivity contribution >= 4 is 0 Å². The number of alkyl halides is 3. The molecule has 0 saturated carbocycles. The van der Waals surface area contributed by atoms with E-state index in [9.17, 15) is 18.3 Å². The van der Waals surface area contributed by atoms with Crippen LogP contribution in [0.3, 0.4) is 0 Å². The number of aliphatic hydroxyl groups is 1. The topological polar surface area (TPSA) is 23.5 Å². The largest absolute Gasteiger partial charge is 0.416 e. The lowest BCUT2D eigenvalue weighted by Crippen LogP contribution is -2.44. The molecule has 0 amide bonds. The van der Waals surface area contributed by atoms with E-state index >= 15 is 0 Å². The quantitative estimate of drug-likeness (QED) is 0.848. The minimum absolute atomic E-state index is 0.137. The van der Waals surface area contributed by atoms with Crippen LogP contribution in [0.5, 0.6) is 0 Å². The fraction of sp³-hybridized carbons (Fsp3) is 0.571. The van der Waals surface area contributed by atoms with Crippen LogP contribution < -0.4 is 0 Å². The number of piperidine rings is 1. The van der Waals surface area contributed by atoms with E-state index in [2.05, 4.69) is 4.90 Å². The van der Waals surface area contributed by atoms with Crippen molar-refractivity contribution in [3.05, 3.63) is 35.4 Å². The lowest BCUT2D eigenvalue weighted by molar-refractivity contribution is -0.137. The third kappa shape index (κ3) is 2.15. The molecular weight excluding hydrogens is 255 g/mol. The standard InChI is InChI=1S/C14H16F3NO/c15-14(16,17)11-3-1-10(2-4-11)13(19)6-8-18-7-5-12(13)9-18/h1-4,12,19H,5-9H2. The van der Waals surface area contributed by atoms with Gasteiger partial charge in [-0.1, -0.05) is 12.1 Å². The maximum Gasteiger partial charge on any atom is 0.416 e. The van der Waals surface area contributed by atoms with Gasteiger partial charge in [-0.2, -0.15) is 13.2 Å². The van der Waals surface area contributed by atoms with Crippen LogP contribution >= 0.6 is 0 Å². The van der Waals surface area contributed by atoms with Crippen LogP contribution in [0.4, 0.5) is 13.2 Å². The summed E-state index contributed by atoms with van der Waals surface area (Å²) in [5.74, 6) is 0.137. The van der Waals surface area contributed by atoms with Crippen LogP contribution in [0.1, 0.15) is 24.0 Å². The second kappa shape index (κ2) is 4.21. The Balaban J connectivity index is 1.89. The van der Waals surface area contributed by atoms with Gasteiger partial charge in [0.1, 0.15) is 0 Å². The molecule has 2 aliphatic heterocycles. The zero-order valence-corrected chi connectivity index (χ0v) is 10.5. The highest BCUT2D eigenvalue weighted by Crippen LogP contribution is 2.43. The Bertz CT molecular complexity index is 471. The van der Waals surface area contributed by atoms with E-state index in [-0.39, 0.29) is 5.92 Å². The molecule has 0 aromatic heterocycles. The maximum atomic E-state index is 12.5. The monoisotopic (exact) mass is 271 g/mol. The molecule has 2 saturated heterocycles. The van der Waals surface area contributed by atoms with Crippen molar-refractivity contribution < 1.29 is 18.3 Å². The first kappa shape index (κ1) is 12.9. The first-order valence-electron chi connectivity index (χ1n) is 6.52. The Morgan fingerprint density at radius 1 is 1.16 bits per heavy atom. The second-order valence-corrected chi connectivity index (χ2v) is 5.54. The Morgan fingerprint density at radius 2 is 1.84 bits per heavy atom. The number of nitrogens with zero attached hydrogens (tertiary/aromatic N) is 1. The van der Waals surface area contributed by atoms with Crippen molar-refractivity contribution in [2.24, 2.45) is 5.92 Å². The van der Waals surface area contributed by atoms with Crippen molar-refractivity contribution in [3.63, 3.8) is 0 Å². The van der Waals surface area contributed by atoms with Crippen LogP contribution in [-0.2, 0) is 11.8 Å². The van der Waals surface area contributed by atoms with Crippen molar-refractivity contribution in [2.45, 2.75) is 24.6 Å². The Morgan fingerprint density at radius 3 is 2.47 bits per heavy atom. The molecule has 0 radical (unpaired) electrons. The molecular formula is C14H16F3NO. The summed E-state index contributed by atoms with van der Waals surface area (Å²) < 4.78 is 37.6. The SMILES string of the molecule is OC1(c2ccc(C(F)(F)F)cc2)CCN2CCC1C2. The number of fused-ring (bicyclic) bond motifs is 2. The summed E-state index contributed by atoms with van der Waals surface area (Å²) in [6, 6.07) is 4.98. The van der Waals surface area contributed by atoms with Gasteiger partial charge in [0.15, 0.2) is 0 Å². The van der Waals surface area contributed by atoms with E-state index in [1.165, 1.54) is 12.1 Å². The van der Waals surface area contributed by atoms with Gasteiger partial charge in [-0.3, -0.25) is 0 Å². The van der Waals surface area contributed by atoms with Crippen LogP contribution in [0, 0.1) is 5.92 Å². The molecule has 2 heterocycles. The van der Waals surface area contributed by atoms with Gasteiger partial charge in [-0.05, 0) is 37.1 Å². The third-order valence-corrected chi connectivity index (χ3v) is 4.47. The summed E-state index contributed by atoms with van der Waals surface area (Å²) in [5.41, 5.74) is -1.01. The fourth-order valence-electron chi connectivity index (χ4n) is 3.29. The summed E-state index contributed by atoms with van der Waals surface area (Å²) in [7, 11) is 0. The Labute approximate surface area is 109 Å². The predicted octanol–water partition coefficient (Wildman–Crippen LogP) is 2.62. The minimum atomic E-state index is -4.32. The number of halogens is 3. The zero-order valence-electron chi connectivity index (χ0n) is 10.5. The van der Waals surface area contributed by atoms with Gasteiger partial charge in [0.25, 0.3) is 0 Å². The van der Waals surface area contributed by atoms with Crippen LogP contribution in [0.25, 0.3) is 0 Å². The number of hydrogen-bond acceptors (Lipinski definition) is 2. The van der Waals surface area contributed by atoms with E-state index in [0.29, 0.717) is 12.0 Å². The molecule has 3 rings (SSSR count). The summed E-state index contributed by atoms with van der Waals surface area (Å²) in [5, 5.41) is 10.8. The van der Waals surface area contributed by atoms with E-state index in [0.717, 1.165) is 38.2 Å². The molecule has 2 nitrogen and oxygen atoms in total. The first-order valence-corrected chi connectivity index (χ1v) is 6.52. The normalized spacial score (nSPS) is 34.5. The number of rotatable bonds is 1. The summed E-state index contributed by atoms with van der Waals surface area (Å²) in [4.78, 5) is 2.29. The van der Waals surface area contributed by atoms with Gasteiger partial charge >= 0.3 is 6.18 Å². The molecule has 0 spiro atoms. The molecule has 5 heteroatoms. The van der Waals surface area contributed by atoms with Gasteiger partial charge < -0.3 is 10.0 Å². The Kier molecular flexibility index (Phi) is 2.87. The molecule has 2 aliphatic rings. The molecule has 19 heavy (non-hydrogen) atoms. The average Bonchev–Trinajstić information content (AvgIpc) is 2.79. The van der Waals surface area contributed by atoms with Gasteiger partial charge in [-0.15, -0.1) is 0 Å². The van der Waals surface area contributed by atoms with E-state index in [4.69, 9.17) is 0 Å². The molecule has 0 aliphatic carbocycles. The lowest BCUT2D eigenvalue weighted by atomic mass is 9.77. The van der Waals surface area contributed by atoms with Crippen molar-refractivity contribution in [3.8, 4) is 0 Å². The molecule has 2 bridgehead atoms. The third-order valence-electron chi connectivity index (χ3n) is 4.47. The first-order chi connectivity index (χ1) is 8.89. The van der Waals surface area contributed by atoms with Crippen molar-refractivity contribution in [1.82, 2.24) is 4.90 Å². The number of benzene rings is 1. The summed E-state index contributed by atoms with van der Waals surface area (Å²) >= 11 is 0. The van der Waals surface area contributed by atoms with Gasteiger partial charge in [-0.25, -0.2) is 0 Å². The lowest BCUT2D eigenvalue weighted by Gasteiger charge is -2.39. The Hall–Kier alpha value is -1.07. The van der Waals surface area contributed by atoms with E-state index < -0.39 is 17.3 Å². The molecule has 3 unspecified atom stereocenters. The van der Waals surface area contributed by atoms with E-state index in [1.54, 1.807) is 0 Å². The molecule has 104 valence electrons. The summed E-state index contributed by atoms with van der Waals surface area (Å²) in [6.45, 7) is 2.64. The highest BCUT2D eigenvalue weighted by Gasteiger charge is 2.46. The molecule has 2 fully saturated rings. The smallest absolute Gasteiger partial charge is 0.385 e. The molecule has 1 aromatic rings. The maximum absolute atomic E-state index is 12.5. The number of hydrogen-bond donors (Lipinski definition) is 1. The van der Waals surface area contributed by atoms with Gasteiger partial charge in [0, 0.05) is 19.0 Å².